The molecule has 0 aliphatic rings. The predicted octanol–water partition coefficient (Wildman–Crippen LogP) is 4.49. The van der Waals surface area contributed by atoms with Gasteiger partial charge < -0.3 is 14.6 Å². The van der Waals surface area contributed by atoms with E-state index in [9.17, 15) is 10.4 Å². The number of nitrogens with zero attached hydrogens (tertiary/aromatic N) is 2. The second kappa shape index (κ2) is 7.72. The van der Waals surface area contributed by atoms with Gasteiger partial charge in [0.15, 0.2) is 11.5 Å². The quantitative estimate of drug-likeness (QED) is 0.675. The molecule has 1 N–H and O–H groups in total. The zero-order chi connectivity index (χ0) is 18.5. The van der Waals surface area contributed by atoms with Crippen molar-refractivity contribution in [3.63, 3.8) is 0 Å². The second-order valence-corrected chi connectivity index (χ2v) is 6.18. The maximum atomic E-state index is 10.2. The van der Waals surface area contributed by atoms with Gasteiger partial charge in [0.05, 0.1) is 26.0 Å². The number of phenols is 1. The zero-order valence-electron chi connectivity index (χ0n) is 14.3. The summed E-state index contributed by atoms with van der Waals surface area (Å²) in [5, 5.41) is 22.2. The predicted molar refractivity (Wildman–Crippen MR) is 101 cm³/mol. The minimum Gasteiger partial charge on any atom is -0.504 e. The van der Waals surface area contributed by atoms with E-state index in [1.54, 1.807) is 6.07 Å². The van der Waals surface area contributed by atoms with Crippen LogP contribution in [0.3, 0.4) is 0 Å². The van der Waals surface area contributed by atoms with Crippen LogP contribution in [0.4, 0.5) is 0 Å². The van der Waals surface area contributed by atoms with E-state index in [2.05, 4.69) is 4.98 Å². The third-order valence-corrected chi connectivity index (χ3v) is 4.67. The molecule has 26 heavy (non-hydrogen) atoms. The maximum absolute atomic E-state index is 10.2. The van der Waals surface area contributed by atoms with Crippen LogP contribution in [0.1, 0.15) is 11.3 Å². The number of benzene rings is 2. The van der Waals surface area contributed by atoms with E-state index >= 15 is 0 Å². The van der Waals surface area contributed by atoms with Crippen LogP contribution in [0.15, 0.2) is 53.9 Å². The van der Waals surface area contributed by atoms with E-state index in [1.807, 2.05) is 41.8 Å². The highest BCUT2D eigenvalue weighted by molar-refractivity contribution is 7.13. The monoisotopic (exact) mass is 364 g/mol. The SMILES string of the molecule is COc1cc(/C(=C/C#N)c2csc(-c3ccccc3)n2)cc(O)c1OC. The zero-order valence-corrected chi connectivity index (χ0v) is 15.1. The molecule has 2 aromatic carbocycles. The number of ether oxygens (including phenoxy) is 2. The lowest BCUT2D eigenvalue weighted by Gasteiger charge is -2.12. The normalized spacial score (nSPS) is 11.0. The molecule has 6 heteroatoms. The van der Waals surface area contributed by atoms with Crippen LogP contribution in [-0.2, 0) is 0 Å². The molecule has 0 aliphatic carbocycles. The van der Waals surface area contributed by atoms with Crippen LogP contribution in [0.25, 0.3) is 16.1 Å². The van der Waals surface area contributed by atoms with E-state index in [-0.39, 0.29) is 11.5 Å². The van der Waals surface area contributed by atoms with Crippen LogP contribution >= 0.6 is 11.3 Å². The summed E-state index contributed by atoms with van der Waals surface area (Å²) in [6, 6.07) is 15.1. The molecule has 0 saturated carbocycles. The Kier molecular flexibility index (Phi) is 5.20. The number of hydrogen-bond donors (Lipinski definition) is 1. The van der Waals surface area contributed by atoms with Crippen LogP contribution in [-0.4, -0.2) is 24.3 Å². The molecule has 0 amide bonds. The highest BCUT2D eigenvalue weighted by Gasteiger charge is 2.17. The summed E-state index contributed by atoms with van der Waals surface area (Å²) in [5.41, 5.74) is 2.88. The molecular weight excluding hydrogens is 348 g/mol. The molecule has 0 saturated heterocycles. The lowest BCUT2D eigenvalue weighted by atomic mass is 10.0. The van der Waals surface area contributed by atoms with Gasteiger partial charge in [-0.1, -0.05) is 30.3 Å². The number of rotatable bonds is 5. The van der Waals surface area contributed by atoms with Gasteiger partial charge in [0.1, 0.15) is 5.01 Å². The fraction of sp³-hybridized carbons (Fsp3) is 0.100. The highest BCUT2D eigenvalue weighted by Crippen LogP contribution is 2.40. The Labute approximate surface area is 155 Å². The Hall–Kier alpha value is -3.30. The fourth-order valence-electron chi connectivity index (χ4n) is 2.58. The van der Waals surface area contributed by atoms with Crippen molar-refractivity contribution in [1.29, 1.82) is 5.26 Å². The molecule has 5 nitrogen and oxygen atoms in total. The molecule has 3 rings (SSSR count). The molecular formula is C20H16N2O3S. The number of aromatic nitrogens is 1. The molecule has 0 unspecified atom stereocenters. The van der Waals surface area contributed by atoms with Gasteiger partial charge in [-0.3, -0.25) is 0 Å². The van der Waals surface area contributed by atoms with Crippen molar-refractivity contribution in [3.05, 3.63) is 65.2 Å². The number of hydrogen-bond acceptors (Lipinski definition) is 6. The fourth-order valence-corrected chi connectivity index (χ4v) is 3.41. The van der Waals surface area contributed by atoms with E-state index in [0.717, 1.165) is 10.6 Å². The number of aromatic hydroxyl groups is 1. The molecule has 3 aromatic rings. The van der Waals surface area contributed by atoms with Crippen LogP contribution < -0.4 is 9.47 Å². The summed E-state index contributed by atoms with van der Waals surface area (Å²) in [7, 11) is 2.95. The molecule has 0 bridgehead atoms. The summed E-state index contributed by atoms with van der Waals surface area (Å²) in [4.78, 5) is 4.65. The highest BCUT2D eigenvalue weighted by atomic mass is 32.1. The van der Waals surface area contributed by atoms with Crippen molar-refractivity contribution in [1.82, 2.24) is 4.98 Å². The smallest absolute Gasteiger partial charge is 0.203 e. The molecule has 1 aromatic heterocycles. The Morgan fingerprint density at radius 2 is 1.96 bits per heavy atom. The first kappa shape index (κ1) is 17.5. The standard InChI is InChI=1S/C20H16N2O3S/c1-24-18-11-14(10-17(23)19(18)25-2)15(8-9-21)16-12-26-20(22-16)13-6-4-3-5-7-13/h3-8,10-12,23H,1-2H3/b15-8-. The molecule has 1 heterocycles. The maximum Gasteiger partial charge on any atom is 0.203 e. The number of thiazole rings is 1. The second-order valence-electron chi connectivity index (χ2n) is 5.32. The van der Waals surface area contributed by atoms with Crippen LogP contribution in [0.5, 0.6) is 17.2 Å². The minimum atomic E-state index is -0.0656. The first-order chi connectivity index (χ1) is 12.7. The summed E-state index contributed by atoms with van der Waals surface area (Å²) in [6.07, 6.45) is 1.41. The summed E-state index contributed by atoms with van der Waals surface area (Å²) in [5.74, 6) is 0.560. The average molecular weight is 364 g/mol. The van der Waals surface area contributed by atoms with E-state index in [4.69, 9.17) is 9.47 Å². The van der Waals surface area contributed by atoms with E-state index in [1.165, 1.54) is 37.7 Å². The molecule has 0 atom stereocenters. The number of methoxy groups -OCH3 is 2. The third-order valence-electron chi connectivity index (χ3n) is 3.78. The van der Waals surface area contributed by atoms with Gasteiger partial charge in [0.2, 0.25) is 5.75 Å². The summed E-state index contributed by atoms with van der Waals surface area (Å²) >= 11 is 1.49. The minimum absolute atomic E-state index is 0.0656. The Morgan fingerprint density at radius 3 is 2.62 bits per heavy atom. The van der Waals surface area contributed by atoms with Crippen LogP contribution in [0, 0.1) is 11.3 Å². The third kappa shape index (κ3) is 3.39. The van der Waals surface area contributed by atoms with Gasteiger partial charge in [-0.25, -0.2) is 4.98 Å². The lowest BCUT2D eigenvalue weighted by molar-refractivity contribution is 0.333. The number of nitriles is 1. The molecule has 0 radical (unpaired) electrons. The Bertz CT molecular complexity index is 988. The number of phenolic OH excluding ortho intramolecular Hbond substituents is 1. The van der Waals surface area contributed by atoms with Crippen molar-refractivity contribution in [2.75, 3.05) is 14.2 Å². The summed E-state index contributed by atoms with van der Waals surface area (Å²) < 4.78 is 10.4. The van der Waals surface area contributed by atoms with Crippen molar-refractivity contribution >= 4 is 16.9 Å². The topological polar surface area (TPSA) is 75.4 Å². The van der Waals surface area contributed by atoms with Crippen molar-refractivity contribution < 1.29 is 14.6 Å². The van der Waals surface area contributed by atoms with E-state index in [0.29, 0.717) is 22.6 Å². The first-order valence-electron chi connectivity index (χ1n) is 7.74. The molecule has 130 valence electrons. The molecule has 0 spiro atoms. The van der Waals surface area contributed by atoms with Gasteiger partial charge in [-0.05, 0) is 17.7 Å². The van der Waals surface area contributed by atoms with Crippen molar-refractivity contribution in [3.8, 4) is 33.9 Å². The average Bonchev–Trinajstić information content (AvgIpc) is 3.16. The van der Waals surface area contributed by atoms with Crippen molar-refractivity contribution in [2.24, 2.45) is 0 Å². The Morgan fingerprint density at radius 1 is 1.19 bits per heavy atom. The largest absolute Gasteiger partial charge is 0.504 e. The first-order valence-corrected chi connectivity index (χ1v) is 8.62. The van der Waals surface area contributed by atoms with Gasteiger partial charge in [0.25, 0.3) is 0 Å². The van der Waals surface area contributed by atoms with Crippen LogP contribution in [0.2, 0.25) is 0 Å². The Balaban J connectivity index is 2.07. The van der Waals surface area contributed by atoms with Gasteiger partial charge in [-0.15, -0.1) is 11.3 Å². The van der Waals surface area contributed by atoms with E-state index < -0.39 is 0 Å². The number of allylic oxidation sites excluding steroid dienone is 1. The summed E-state index contributed by atoms with van der Waals surface area (Å²) in [6.45, 7) is 0. The lowest BCUT2D eigenvalue weighted by Crippen LogP contribution is -1.95. The molecule has 0 fully saturated rings. The van der Waals surface area contributed by atoms with Gasteiger partial charge in [-0.2, -0.15) is 5.26 Å². The van der Waals surface area contributed by atoms with Gasteiger partial charge >= 0.3 is 0 Å². The van der Waals surface area contributed by atoms with Gasteiger partial charge in [0, 0.05) is 22.6 Å². The van der Waals surface area contributed by atoms with Crippen molar-refractivity contribution in [2.45, 2.75) is 0 Å². The molecule has 0 aliphatic heterocycles.